The van der Waals surface area contributed by atoms with Crippen LogP contribution in [0.3, 0.4) is 0 Å². The zero-order valence-corrected chi connectivity index (χ0v) is 8.61. The molecule has 0 fully saturated rings. The van der Waals surface area contributed by atoms with Crippen LogP contribution in [0.2, 0.25) is 0 Å². The van der Waals surface area contributed by atoms with E-state index < -0.39 is 11.2 Å². The summed E-state index contributed by atoms with van der Waals surface area (Å²) in [7, 11) is 0. The van der Waals surface area contributed by atoms with E-state index in [0.29, 0.717) is 11.0 Å². The molecule has 0 bridgehead atoms. The average Bonchev–Trinajstić information content (AvgIpc) is 2.34. The Labute approximate surface area is 94.7 Å². The standard InChI is InChI=1S/C13H7FO3/c14-8-5-6-9(15)13-11(8)12(16)7-3-1-2-4-10(7)17-13/h1-6,15H. The van der Waals surface area contributed by atoms with Gasteiger partial charge in [-0.3, -0.25) is 4.79 Å². The van der Waals surface area contributed by atoms with Gasteiger partial charge in [0.1, 0.15) is 16.8 Å². The SMILES string of the molecule is O=c1c2ccccc2oc2c(O)ccc(F)c12. The van der Waals surface area contributed by atoms with Crippen LogP contribution in [0.1, 0.15) is 0 Å². The molecule has 17 heavy (non-hydrogen) atoms. The van der Waals surface area contributed by atoms with Crippen LogP contribution in [0.25, 0.3) is 21.9 Å². The molecule has 0 atom stereocenters. The van der Waals surface area contributed by atoms with E-state index in [4.69, 9.17) is 4.42 Å². The Morgan fingerprint density at radius 1 is 1.12 bits per heavy atom. The summed E-state index contributed by atoms with van der Waals surface area (Å²) in [5.41, 5.74) is -0.269. The molecule has 4 heteroatoms. The number of phenolic OH excluding ortho intramolecular Hbond substituents is 1. The molecule has 0 saturated heterocycles. The zero-order chi connectivity index (χ0) is 12.0. The maximum Gasteiger partial charge on any atom is 0.203 e. The van der Waals surface area contributed by atoms with Gasteiger partial charge in [0.2, 0.25) is 5.43 Å². The number of aromatic hydroxyl groups is 1. The van der Waals surface area contributed by atoms with Crippen molar-refractivity contribution in [2.45, 2.75) is 0 Å². The summed E-state index contributed by atoms with van der Waals surface area (Å²) in [6.45, 7) is 0. The van der Waals surface area contributed by atoms with Crippen LogP contribution < -0.4 is 5.43 Å². The minimum absolute atomic E-state index is 0.117. The first-order chi connectivity index (χ1) is 8.18. The van der Waals surface area contributed by atoms with Gasteiger partial charge in [0, 0.05) is 0 Å². The van der Waals surface area contributed by atoms with Crippen molar-refractivity contribution < 1.29 is 13.9 Å². The molecule has 0 spiro atoms. The van der Waals surface area contributed by atoms with Crippen molar-refractivity contribution in [3.63, 3.8) is 0 Å². The van der Waals surface area contributed by atoms with E-state index in [2.05, 4.69) is 0 Å². The number of phenols is 1. The Morgan fingerprint density at radius 3 is 2.71 bits per heavy atom. The lowest BCUT2D eigenvalue weighted by Gasteiger charge is -2.03. The lowest BCUT2D eigenvalue weighted by molar-refractivity contribution is 0.466. The Bertz CT molecular complexity index is 790. The first kappa shape index (κ1) is 9.84. The van der Waals surface area contributed by atoms with E-state index in [1.807, 2.05) is 0 Å². The molecule has 2 aromatic carbocycles. The van der Waals surface area contributed by atoms with Gasteiger partial charge in [-0.05, 0) is 24.3 Å². The number of fused-ring (bicyclic) bond motifs is 2. The van der Waals surface area contributed by atoms with Crippen LogP contribution in [0, 0.1) is 5.82 Å². The number of para-hydroxylation sites is 1. The van der Waals surface area contributed by atoms with E-state index in [9.17, 15) is 14.3 Å². The fraction of sp³-hybridized carbons (Fsp3) is 0. The number of halogens is 1. The van der Waals surface area contributed by atoms with Gasteiger partial charge in [0.05, 0.1) is 5.39 Å². The highest BCUT2D eigenvalue weighted by Gasteiger charge is 2.14. The number of rotatable bonds is 0. The predicted molar refractivity (Wildman–Crippen MR) is 61.6 cm³/mol. The van der Waals surface area contributed by atoms with E-state index >= 15 is 0 Å². The van der Waals surface area contributed by atoms with E-state index in [0.717, 1.165) is 12.1 Å². The summed E-state index contributed by atoms with van der Waals surface area (Å²) in [6.07, 6.45) is 0. The smallest absolute Gasteiger partial charge is 0.203 e. The average molecular weight is 230 g/mol. The fourth-order valence-corrected chi connectivity index (χ4v) is 1.85. The Kier molecular flexibility index (Phi) is 1.92. The fourth-order valence-electron chi connectivity index (χ4n) is 1.85. The van der Waals surface area contributed by atoms with Gasteiger partial charge < -0.3 is 9.52 Å². The maximum atomic E-state index is 13.6. The third-order valence-corrected chi connectivity index (χ3v) is 2.66. The molecule has 1 heterocycles. The number of benzene rings is 2. The molecule has 0 amide bonds. The Hall–Kier alpha value is -2.36. The second-order valence-electron chi connectivity index (χ2n) is 3.70. The molecule has 0 unspecified atom stereocenters. The van der Waals surface area contributed by atoms with Crippen molar-refractivity contribution in [3.05, 3.63) is 52.4 Å². The number of hydrogen-bond donors (Lipinski definition) is 1. The quantitative estimate of drug-likeness (QED) is 0.604. The molecule has 0 saturated carbocycles. The first-order valence-electron chi connectivity index (χ1n) is 5.01. The van der Waals surface area contributed by atoms with Gasteiger partial charge >= 0.3 is 0 Å². The van der Waals surface area contributed by atoms with Gasteiger partial charge in [0.15, 0.2) is 11.3 Å². The normalized spacial score (nSPS) is 11.1. The molecule has 1 aromatic heterocycles. The molecule has 3 aromatic rings. The van der Waals surface area contributed by atoms with Crippen molar-refractivity contribution in [3.8, 4) is 5.75 Å². The van der Waals surface area contributed by atoms with E-state index in [-0.39, 0.29) is 16.7 Å². The summed E-state index contributed by atoms with van der Waals surface area (Å²) in [5, 5.41) is 9.66. The molecule has 1 N–H and O–H groups in total. The molecular weight excluding hydrogens is 223 g/mol. The van der Waals surface area contributed by atoms with Gasteiger partial charge in [-0.1, -0.05) is 12.1 Å². The van der Waals surface area contributed by atoms with Gasteiger partial charge in [-0.15, -0.1) is 0 Å². The largest absolute Gasteiger partial charge is 0.504 e. The van der Waals surface area contributed by atoms with E-state index in [1.54, 1.807) is 24.3 Å². The molecule has 0 aliphatic carbocycles. The summed E-state index contributed by atoms with van der Waals surface area (Å²) in [5.74, 6) is -0.943. The van der Waals surface area contributed by atoms with Crippen molar-refractivity contribution in [1.29, 1.82) is 0 Å². The van der Waals surface area contributed by atoms with Gasteiger partial charge in [0.25, 0.3) is 0 Å². The van der Waals surface area contributed by atoms with Crippen LogP contribution in [0.15, 0.2) is 45.6 Å². The second kappa shape index (κ2) is 3.31. The molecule has 0 aliphatic rings. The van der Waals surface area contributed by atoms with Gasteiger partial charge in [-0.2, -0.15) is 0 Å². The van der Waals surface area contributed by atoms with Crippen molar-refractivity contribution in [2.24, 2.45) is 0 Å². The van der Waals surface area contributed by atoms with Crippen molar-refractivity contribution in [2.75, 3.05) is 0 Å². The van der Waals surface area contributed by atoms with Crippen molar-refractivity contribution in [1.82, 2.24) is 0 Å². The minimum Gasteiger partial charge on any atom is -0.504 e. The van der Waals surface area contributed by atoms with Crippen LogP contribution in [0.5, 0.6) is 5.75 Å². The molecule has 84 valence electrons. The maximum absolute atomic E-state index is 13.6. The third kappa shape index (κ3) is 1.30. The molecule has 3 nitrogen and oxygen atoms in total. The highest BCUT2D eigenvalue weighted by Crippen LogP contribution is 2.27. The molecule has 0 aliphatic heterocycles. The summed E-state index contributed by atoms with van der Waals surface area (Å²) in [6, 6.07) is 8.74. The summed E-state index contributed by atoms with van der Waals surface area (Å²) >= 11 is 0. The summed E-state index contributed by atoms with van der Waals surface area (Å²) < 4.78 is 18.9. The van der Waals surface area contributed by atoms with Crippen LogP contribution in [-0.4, -0.2) is 5.11 Å². The highest BCUT2D eigenvalue weighted by atomic mass is 19.1. The third-order valence-electron chi connectivity index (χ3n) is 2.66. The topological polar surface area (TPSA) is 50.4 Å². The van der Waals surface area contributed by atoms with Crippen LogP contribution >= 0.6 is 0 Å². The number of hydrogen-bond acceptors (Lipinski definition) is 3. The monoisotopic (exact) mass is 230 g/mol. The first-order valence-corrected chi connectivity index (χ1v) is 5.01. The van der Waals surface area contributed by atoms with Crippen LogP contribution in [-0.2, 0) is 0 Å². The highest BCUT2D eigenvalue weighted by molar-refractivity contribution is 5.92. The van der Waals surface area contributed by atoms with Crippen molar-refractivity contribution >= 4 is 21.9 Å². The Balaban J connectivity index is 2.69. The van der Waals surface area contributed by atoms with Crippen LogP contribution in [0.4, 0.5) is 4.39 Å². The molecule has 0 radical (unpaired) electrons. The molecule has 3 rings (SSSR count). The van der Waals surface area contributed by atoms with E-state index in [1.165, 1.54) is 0 Å². The zero-order valence-electron chi connectivity index (χ0n) is 8.61. The Morgan fingerprint density at radius 2 is 1.88 bits per heavy atom. The molecular formula is C13H7FO3. The summed E-state index contributed by atoms with van der Waals surface area (Å²) in [4.78, 5) is 12.0. The second-order valence-corrected chi connectivity index (χ2v) is 3.70. The lowest BCUT2D eigenvalue weighted by Crippen LogP contribution is -2.04. The minimum atomic E-state index is -0.697. The predicted octanol–water partition coefficient (Wildman–Crippen LogP) is 2.79. The van der Waals surface area contributed by atoms with Gasteiger partial charge in [-0.25, -0.2) is 4.39 Å². The lowest BCUT2D eigenvalue weighted by atomic mass is 10.1.